The molecule has 2 aliphatic rings. The molecule has 2 amide bonds. The molecule has 2 fully saturated rings. The van der Waals surface area contributed by atoms with Crippen molar-refractivity contribution < 1.29 is 9.59 Å². The van der Waals surface area contributed by atoms with Crippen molar-refractivity contribution in [2.75, 3.05) is 4.90 Å². The molecule has 18 heavy (non-hydrogen) atoms. The van der Waals surface area contributed by atoms with Gasteiger partial charge in [0, 0.05) is 6.20 Å². The number of pyridine rings is 1. The highest BCUT2D eigenvalue weighted by Crippen LogP contribution is 2.39. The third-order valence-electron chi connectivity index (χ3n) is 3.78. The summed E-state index contributed by atoms with van der Waals surface area (Å²) in [5, 5.41) is 0.496. The van der Waals surface area contributed by atoms with Gasteiger partial charge in [0.15, 0.2) is 0 Å². The summed E-state index contributed by atoms with van der Waals surface area (Å²) in [5.74, 6) is -0.0738. The van der Waals surface area contributed by atoms with Gasteiger partial charge in [-0.3, -0.25) is 9.59 Å². The van der Waals surface area contributed by atoms with Gasteiger partial charge in [-0.25, -0.2) is 9.88 Å². The Hall–Kier alpha value is -1.42. The van der Waals surface area contributed by atoms with Gasteiger partial charge in [-0.05, 0) is 25.0 Å². The molecule has 0 N–H and O–H groups in total. The van der Waals surface area contributed by atoms with E-state index in [1.807, 2.05) is 0 Å². The minimum absolute atomic E-state index is 0.0977. The molecule has 2 heterocycles. The molecule has 2 atom stereocenters. The lowest BCUT2D eigenvalue weighted by Crippen LogP contribution is -2.31. The molecular weight excluding hydrogens is 252 g/mol. The number of hydrogen-bond acceptors (Lipinski definition) is 3. The molecule has 3 rings (SSSR count). The van der Waals surface area contributed by atoms with E-state index in [-0.39, 0.29) is 23.7 Å². The molecule has 1 aromatic rings. The van der Waals surface area contributed by atoms with Crippen molar-refractivity contribution in [1.29, 1.82) is 0 Å². The summed E-state index contributed by atoms with van der Waals surface area (Å²) in [6.45, 7) is 0. The van der Waals surface area contributed by atoms with Gasteiger partial charge in [0.1, 0.15) is 5.82 Å². The number of anilines is 1. The highest BCUT2D eigenvalue weighted by atomic mass is 35.5. The van der Waals surface area contributed by atoms with Crippen LogP contribution in [0.1, 0.15) is 25.7 Å². The van der Waals surface area contributed by atoms with E-state index in [2.05, 4.69) is 4.98 Å². The zero-order valence-corrected chi connectivity index (χ0v) is 10.6. The Morgan fingerprint density at radius 1 is 1.11 bits per heavy atom. The number of fused-ring (bicyclic) bond motifs is 1. The number of nitrogens with zero attached hydrogens (tertiary/aromatic N) is 2. The van der Waals surface area contributed by atoms with Crippen LogP contribution < -0.4 is 4.90 Å². The van der Waals surface area contributed by atoms with E-state index in [0.29, 0.717) is 10.8 Å². The van der Waals surface area contributed by atoms with Crippen LogP contribution in [0.25, 0.3) is 0 Å². The fraction of sp³-hybridized carbons (Fsp3) is 0.462. The lowest BCUT2D eigenvalue weighted by atomic mass is 9.81. The molecule has 4 nitrogen and oxygen atoms in total. The van der Waals surface area contributed by atoms with E-state index in [1.54, 1.807) is 12.1 Å². The lowest BCUT2D eigenvalue weighted by Gasteiger charge is -2.19. The molecule has 1 aliphatic carbocycles. The largest absolute Gasteiger partial charge is 0.274 e. The maximum Gasteiger partial charge on any atom is 0.238 e. The summed E-state index contributed by atoms with van der Waals surface area (Å²) >= 11 is 5.76. The number of amides is 2. The third kappa shape index (κ3) is 1.72. The van der Waals surface area contributed by atoms with Crippen molar-refractivity contribution in [1.82, 2.24) is 4.98 Å². The normalized spacial score (nSPS) is 27.5. The van der Waals surface area contributed by atoms with E-state index in [9.17, 15) is 9.59 Å². The molecule has 0 spiro atoms. The number of halogens is 1. The SMILES string of the molecule is O=C1C2CCCCC2C(=O)N1c1ccc(Cl)cn1. The Morgan fingerprint density at radius 3 is 2.22 bits per heavy atom. The first kappa shape index (κ1) is 11.7. The zero-order chi connectivity index (χ0) is 12.7. The second kappa shape index (κ2) is 4.35. The van der Waals surface area contributed by atoms with Gasteiger partial charge in [-0.1, -0.05) is 24.4 Å². The van der Waals surface area contributed by atoms with Crippen LogP contribution in [0.4, 0.5) is 5.82 Å². The molecule has 1 aromatic heterocycles. The van der Waals surface area contributed by atoms with E-state index >= 15 is 0 Å². The van der Waals surface area contributed by atoms with Crippen molar-refractivity contribution in [3.8, 4) is 0 Å². The van der Waals surface area contributed by atoms with Crippen molar-refractivity contribution in [2.24, 2.45) is 11.8 Å². The predicted octanol–water partition coefficient (Wildman–Crippen LogP) is 2.41. The van der Waals surface area contributed by atoms with Gasteiger partial charge in [-0.15, -0.1) is 0 Å². The smallest absolute Gasteiger partial charge is 0.238 e. The highest BCUT2D eigenvalue weighted by molar-refractivity contribution is 6.30. The molecule has 1 saturated carbocycles. The van der Waals surface area contributed by atoms with Crippen LogP contribution >= 0.6 is 11.6 Å². The van der Waals surface area contributed by atoms with E-state index < -0.39 is 0 Å². The van der Waals surface area contributed by atoms with Gasteiger partial charge >= 0.3 is 0 Å². The Bertz CT molecular complexity index is 476. The van der Waals surface area contributed by atoms with Crippen LogP contribution in [0.2, 0.25) is 5.02 Å². The van der Waals surface area contributed by atoms with Crippen LogP contribution in [0, 0.1) is 11.8 Å². The second-order valence-electron chi connectivity index (χ2n) is 4.84. The summed E-state index contributed by atoms with van der Waals surface area (Å²) in [6.07, 6.45) is 5.15. The van der Waals surface area contributed by atoms with Gasteiger partial charge in [-0.2, -0.15) is 0 Å². The number of imide groups is 1. The molecule has 5 heteroatoms. The van der Waals surface area contributed by atoms with Crippen LogP contribution in [0.15, 0.2) is 18.3 Å². The molecule has 0 aromatic carbocycles. The summed E-state index contributed by atoms with van der Waals surface area (Å²) in [6, 6.07) is 3.27. The van der Waals surface area contributed by atoms with Crippen LogP contribution in [-0.2, 0) is 9.59 Å². The first-order chi connectivity index (χ1) is 8.68. The number of carbonyl (C=O) groups is 2. The Morgan fingerprint density at radius 2 is 1.72 bits per heavy atom. The average molecular weight is 265 g/mol. The number of aromatic nitrogens is 1. The van der Waals surface area contributed by atoms with Crippen LogP contribution in [0.3, 0.4) is 0 Å². The quantitative estimate of drug-likeness (QED) is 0.732. The minimum atomic E-state index is -0.135. The van der Waals surface area contributed by atoms with Gasteiger partial charge < -0.3 is 0 Å². The van der Waals surface area contributed by atoms with Crippen LogP contribution in [0.5, 0.6) is 0 Å². The standard InChI is InChI=1S/C13H13ClN2O2/c14-8-5-6-11(15-7-8)16-12(17)9-3-1-2-4-10(9)13(16)18/h5-7,9-10H,1-4H2. The van der Waals surface area contributed by atoms with E-state index in [1.165, 1.54) is 11.1 Å². The molecule has 1 aliphatic heterocycles. The molecule has 2 unspecified atom stereocenters. The first-order valence-corrected chi connectivity index (χ1v) is 6.55. The van der Waals surface area contributed by atoms with Crippen molar-refractivity contribution in [2.45, 2.75) is 25.7 Å². The Balaban J connectivity index is 1.95. The minimum Gasteiger partial charge on any atom is -0.274 e. The molecule has 0 bridgehead atoms. The number of hydrogen-bond donors (Lipinski definition) is 0. The number of rotatable bonds is 1. The van der Waals surface area contributed by atoms with Crippen molar-refractivity contribution in [3.63, 3.8) is 0 Å². The number of carbonyl (C=O) groups excluding carboxylic acids is 2. The van der Waals surface area contributed by atoms with E-state index in [0.717, 1.165) is 25.7 Å². The monoisotopic (exact) mass is 264 g/mol. The fourth-order valence-electron chi connectivity index (χ4n) is 2.89. The summed E-state index contributed by atoms with van der Waals surface area (Å²) in [4.78, 5) is 29.8. The highest BCUT2D eigenvalue weighted by Gasteiger charge is 2.49. The maximum atomic E-state index is 12.3. The summed E-state index contributed by atoms with van der Waals surface area (Å²) < 4.78 is 0. The Labute approximate surface area is 110 Å². The third-order valence-corrected chi connectivity index (χ3v) is 4.01. The van der Waals surface area contributed by atoms with Gasteiger partial charge in [0.25, 0.3) is 0 Å². The van der Waals surface area contributed by atoms with Gasteiger partial charge in [0.05, 0.1) is 16.9 Å². The fourth-order valence-corrected chi connectivity index (χ4v) is 3.00. The molecular formula is C13H13ClN2O2. The summed E-state index contributed by atoms with van der Waals surface area (Å²) in [5.41, 5.74) is 0. The first-order valence-electron chi connectivity index (χ1n) is 6.18. The maximum absolute atomic E-state index is 12.3. The van der Waals surface area contributed by atoms with Gasteiger partial charge in [0.2, 0.25) is 11.8 Å². The van der Waals surface area contributed by atoms with Crippen molar-refractivity contribution >= 4 is 29.2 Å². The zero-order valence-electron chi connectivity index (χ0n) is 9.80. The predicted molar refractivity (Wildman–Crippen MR) is 67.2 cm³/mol. The molecule has 1 saturated heterocycles. The topological polar surface area (TPSA) is 50.3 Å². The average Bonchev–Trinajstić information content (AvgIpc) is 2.64. The molecule has 94 valence electrons. The van der Waals surface area contributed by atoms with E-state index in [4.69, 9.17) is 11.6 Å². The Kier molecular flexibility index (Phi) is 2.82. The van der Waals surface area contributed by atoms with Crippen LogP contribution in [-0.4, -0.2) is 16.8 Å². The lowest BCUT2D eigenvalue weighted by molar-refractivity contribution is -0.122. The van der Waals surface area contributed by atoms with Crippen molar-refractivity contribution in [3.05, 3.63) is 23.4 Å². The second-order valence-corrected chi connectivity index (χ2v) is 5.28. The summed E-state index contributed by atoms with van der Waals surface area (Å²) in [7, 11) is 0. The molecule has 0 radical (unpaired) electrons.